The zero-order valence-corrected chi connectivity index (χ0v) is 9.29. The van der Waals surface area contributed by atoms with Gasteiger partial charge in [-0.2, -0.15) is 0 Å². The number of rotatable bonds is 6. The van der Waals surface area contributed by atoms with Crippen molar-refractivity contribution in [3.05, 3.63) is 0 Å². The van der Waals surface area contributed by atoms with E-state index in [2.05, 4.69) is 0 Å². The lowest BCUT2D eigenvalue weighted by molar-refractivity contribution is 0.193. The van der Waals surface area contributed by atoms with Crippen molar-refractivity contribution >= 4 is 10.0 Å². The van der Waals surface area contributed by atoms with Crippen molar-refractivity contribution in [3.63, 3.8) is 0 Å². The highest BCUT2D eigenvalue weighted by Gasteiger charge is 2.34. The molecule has 0 aromatic heterocycles. The molecule has 1 heterocycles. The summed E-state index contributed by atoms with van der Waals surface area (Å²) in [6.45, 7) is 2.25. The van der Waals surface area contributed by atoms with Crippen molar-refractivity contribution in [2.75, 3.05) is 39.1 Å². The molecule has 0 unspecified atom stereocenters. The maximum absolute atomic E-state index is 11.6. The molecule has 1 fully saturated rings. The standard InChI is InChI=1S/C8H18N2O3S/c1-13-3-2-4-14(11,12)10-6-8(5-9)7-10/h8H,2-7,9H2,1H3. The van der Waals surface area contributed by atoms with Gasteiger partial charge in [-0.05, 0) is 18.9 Å². The van der Waals surface area contributed by atoms with E-state index in [1.807, 2.05) is 0 Å². The molecule has 0 saturated carbocycles. The first-order chi connectivity index (χ1) is 6.60. The number of nitrogens with zero attached hydrogens (tertiary/aromatic N) is 1. The normalized spacial score (nSPS) is 19.6. The third-order valence-electron chi connectivity index (χ3n) is 2.40. The molecule has 5 nitrogen and oxygen atoms in total. The van der Waals surface area contributed by atoms with Gasteiger partial charge in [0.05, 0.1) is 5.75 Å². The Morgan fingerprint density at radius 1 is 1.50 bits per heavy atom. The van der Waals surface area contributed by atoms with E-state index in [9.17, 15) is 8.42 Å². The van der Waals surface area contributed by atoms with Crippen LogP contribution in [0.25, 0.3) is 0 Å². The van der Waals surface area contributed by atoms with Crippen molar-refractivity contribution < 1.29 is 13.2 Å². The fraction of sp³-hybridized carbons (Fsp3) is 1.00. The van der Waals surface area contributed by atoms with Gasteiger partial charge in [0.2, 0.25) is 10.0 Å². The summed E-state index contributed by atoms with van der Waals surface area (Å²) in [5.41, 5.74) is 5.42. The van der Waals surface area contributed by atoms with Crippen LogP contribution >= 0.6 is 0 Å². The monoisotopic (exact) mass is 222 g/mol. The maximum atomic E-state index is 11.6. The SMILES string of the molecule is COCCCS(=O)(=O)N1CC(CN)C1. The summed E-state index contributed by atoms with van der Waals surface area (Å²) < 4.78 is 29.5. The minimum atomic E-state index is -3.04. The molecule has 0 atom stereocenters. The molecule has 1 saturated heterocycles. The first-order valence-electron chi connectivity index (χ1n) is 4.77. The molecular weight excluding hydrogens is 204 g/mol. The minimum absolute atomic E-state index is 0.179. The molecule has 0 spiro atoms. The predicted octanol–water partition coefficient (Wildman–Crippen LogP) is -0.757. The van der Waals surface area contributed by atoms with Crippen LogP contribution in [0.5, 0.6) is 0 Å². The Hall–Kier alpha value is -0.170. The highest BCUT2D eigenvalue weighted by Crippen LogP contribution is 2.18. The van der Waals surface area contributed by atoms with Crippen molar-refractivity contribution in [2.45, 2.75) is 6.42 Å². The van der Waals surface area contributed by atoms with Gasteiger partial charge in [0.15, 0.2) is 0 Å². The molecule has 0 aromatic carbocycles. The molecule has 0 bridgehead atoms. The smallest absolute Gasteiger partial charge is 0.214 e. The van der Waals surface area contributed by atoms with Gasteiger partial charge in [-0.25, -0.2) is 12.7 Å². The van der Waals surface area contributed by atoms with Gasteiger partial charge in [-0.3, -0.25) is 0 Å². The number of ether oxygens (including phenoxy) is 1. The molecule has 6 heteroatoms. The lowest BCUT2D eigenvalue weighted by Gasteiger charge is -2.37. The van der Waals surface area contributed by atoms with Crippen LogP contribution in [0, 0.1) is 5.92 Å². The zero-order chi connectivity index (χ0) is 10.6. The van der Waals surface area contributed by atoms with Crippen molar-refractivity contribution in [1.82, 2.24) is 4.31 Å². The quantitative estimate of drug-likeness (QED) is 0.600. The Balaban J connectivity index is 2.29. The number of hydrogen-bond acceptors (Lipinski definition) is 4. The Morgan fingerprint density at radius 2 is 2.14 bits per heavy atom. The molecule has 1 aliphatic rings. The molecule has 0 aromatic rings. The molecule has 2 N–H and O–H groups in total. The van der Waals surface area contributed by atoms with Gasteiger partial charge < -0.3 is 10.5 Å². The first-order valence-corrected chi connectivity index (χ1v) is 6.38. The third-order valence-corrected chi connectivity index (χ3v) is 4.29. The van der Waals surface area contributed by atoms with E-state index in [1.54, 1.807) is 7.11 Å². The summed E-state index contributed by atoms with van der Waals surface area (Å²) in [5, 5.41) is 0. The van der Waals surface area contributed by atoms with Crippen LogP contribution in [0.3, 0.4) is 0 Å². The van der Waals surface area contributed by atoms with E-state index in [0.717, 1.165) is 0 Å². The molecular formula is C8H18N2O3S. The Labute approximate surface area is 85.3 Å². The fourth-order valence-corrected chi connectivity index (χ4v) is 3.03. The molecule has 0 radical (unpaired) electrons. The Kier molecular flexibility index (Phi) is 4.31. The van der Waals surface area contributed by atoms with E-state index in [-0.39, 0.29) is 5.75 Å². The highest BCUT2D eigenvalue weighted by molar-refractivity contribution is 7.89. The lowest BCUT2D eigenvalue weighted by Crippen LogP contribution is -2.53. The van der Waals surface area contributed by atoms with Gasteiger partial charge in [-0.15, -0.1) is 0 Å². The van der Waals surface area contributed by atoms with Gasteiger partial charge in [0.1, 0.15) is 0 Å². The number of hydrogen-bond donors (Lipinski definition) is 1. The van der Waals surface area contributed by atoms with Gasteiger partial charge in [0.25, 0.3) is 0 Å². The van der Waals surface area contributed by atoms with Crippen LogP contribution in [0.15, 0.2) is 0 Å². The maximum Gasteiger partial charge on any atom is 0.214 e. The van der Waals surface area contributed by atoms with Gasteiger partial charge in [0, 0.05) is 26.8 Å². The molecule has 0 amide bonds. The second-order valence-corrected chi connectivity index (χ2v) is 5.67. The zero-order valence-electron chi connectivity index (χ0n) is 8.48. The second kappa shape index (κ2) is 5.06. The van der Waals surface area contributed by atoms with Crippen LogP contribution in [-0.4, -0.2) is 51.8 Å². The van der Waals surface area contributed by atoms with E-state index < -0.39 is 10.0 Å². The van der Waals surface area contributed by atoms with E-state index in [0.29, 0.717) is 38.6 Å². The van der Waals surface area contributed by atoms with Crippen molar-refractivity contribution in [1.29, 1.82) is 0 Å². The summed E-state index contributed by atoms with van der Waals surface area (Å²) in [6, 6.07) is 0. The highest BCUT2D eigenvalue weighted by atomic mass is 32.2. The van der Waals surface area contributed by atoms with Crippen LogP contribution in [0.2, 0.25) is 0 Å². The summed E-state index contributed by atoms with van der Waals surface area (Å²) in [4.78, 5) is 0. The summed E-state index contributed by atoms with van der Waals surface area (Å²) in [6.07, 6.45) is 0.558. The Bertz CT molecular complexity index is 260. The Morgan fingerprint density at radius 3 is 2.64 bits per heavy atom. The van der Waals surface area contributed by atoms with E-state index >= 15 is 0 Å². The minimum Gasteiger partial charge on any atom is -0.385 e. The molecule has 1 rings (SSSR count). The molecule has 0 aliphatic carbocycles. The summed E-state index contributed by atoms with van der Waals surface area (Å²) in [5.74, 6) is 0.533. The first kappa shape index (κ1) is 11.9. The second-order valence-electron chi connectivity index (χ2n) is 3.58. The lowest BCUT2D eigenvalue weighted by atomic mass is 10.0. The summed E-state index contributed by atoms with van der Waals surface area (Å²) >= 11 is 0. The van der Waals surface area contributed by atoms with Crippen LogP contribution in [-0.2, 0) is 14.8 Å². The number of sulfonamides is 1. The number of methoxy groups -OCH3 is 1. The van der Waals surface area contributed by atoms with Gasteiger partial charge in [-0.1, -0.05) is 0 Å². The van der Waals surface area contributed by atoms with Crippen LogP contribution < -0.4 is 5.73 Å². The topological polar surface area (TPSA) is 72.6 Å². The van der Waals surface area contributed by atoms with E-state index in [4.69, 9.17) is 10.5 Å². The predicted molar refractivity (Wildman–Crippen MR) is 54.4 cm³/mol. The number of nitrogens with two attached hydrogens (primary N) is 1. The average Bonchev–Trinajstić information content (AvgIpc) is 2.02. The summed E-state index contributed by atoms with van der Waals surface area (Å²) in [7, 11) is -1.47. The fourth-order valence-electron chi connectivity index (χ4n) is 1.41. The molecule has 84 valence electrons. The molecule has 1 aliphatic heterocycles. The van der Waals surface area contributed by atoms with Crippen LogP contribution in [0.4, 0.5) is 0 Å². The van der Waals surface area contributed by atoms with E-state index in [1.165, 1.54) is 4.31 Å². The largest absolute Gasteiger partial charge is 0.385 e. The average molecular weight is 222 g/mol. The molecule has 14 heavy (non-hydrogen) atoms. The van der Waals surface area contributed by atoms with Crippen molar-refractivity contribution in [2.24, 2.45) is 11.7 Å². The van der Waals surface area contributed by atoms with Gasteiger partial charge >= 0.3 is 0 Å². The van der Waals surface area contributed by atoms with Crippen molar-refractivity contribution in [3.8, 4) is 0 Å². The third kappa shape index (κ3) is 2.91. The van der Waals surface area contributed by atoms with Crippen LogP contribution in [0.1, 0.15) is 6.42 Å².